The Bertz CT molecular complexity index is 1310. The van der Waals surface area contributed by atoms with Gasteiger partial charge < -0.3 is 9.73 Å². The normalized spacial score (nSPS) is 11.2. The molecule has 4 nitrogen and oxygen atoms in total. The topological polar surface area (TPSA) is 51.0 Å². The molecule has 2 heterocycles. The number of aromatic nitrogens is 2. The van der Waals surface area contributed by atoms with Gasteiger partial charge in [-0.25, -0.2) is 9.97 Å². The monoisotopic (exact) mass is 385 g/mol. The third kappa shape index (κ3) is 2.88. The number of nitrogens with one attached hydrogen (secondary N) is 1. The van der Waals surface area contributed by atoms with Crippen LogP contribution >= 0.6 is 11.6 Å². The van der Waals surface area contributed by atoms with E-state index in [1.54, 1.807) is 0 Å². The number of hydrogen-bond donors (Lipinski definition) is 1. The van der Waals surface area contributed by atoms with Crippen LogP contribution in [0.25, 0.3) is 33.5 Å². The van der Waals surface area contributed by atoms with Gasteiger partial charge in [-0.05, 0) is 55.0 Å². The second kappa shape index (κ2) is 6.66. The number of rotatable bonds is 3. The SMILES string of the molecule is Cc1ccccc1Nc1nc(-c2ccc(Cl)cc2)nc2c1oc1ccccc12. The third-order valence-corrected chi connectivity index (χ3v) is 4.97. The summed E-state index contributed by atoms with van der Waals surface area (Å²) in [4.78, 5) is 9.57. The highest BCUT2D eigenvalue weighted by atomic mass is 35.5. The fourth-order valence-corrected chi connectivity index (χ4v) is 3.37. The molecule has 0 aliphatic carbocycles. The minimum absolute atomic E-state index is 0.617. The van der Waals surface area contributed by atoms with Crippen LogP contribution < -0.4 is 5.32 Å². The minimum atomic E-state index is 0.617. The maximum absolute atomic E-state index is 6.10. The van der Waals surface area contributed by atoms with Crippen molar-refractivity contribution in [2.24, 2.45) is 0 Å². The Balaban J connectivity index is 1.76. The molecule has 28 heavy (non-hydrogen) atoms. The summed E-state index contributed by atoms with van der Waals surface area (Å²) in [7, 11) is 0. The molecule has 5 heteroatoms. The standard InChI is InChI=1S/C23H16ClN3O/c1-14-6-2-4-8-18(14)25-23-21-20(17-7-3-5-9-19(17)28-21)26-22(27-23)15-10-12-16(24)13-11-15/h2-13H,1H3,(H,25,26,27). The van der Waals surface area contributed by atoms with Gasteiger partial charge in [-0.1, -0.05) is 41.9 Å². The first-order valence-corrected chi connectivity index (χ1v) is 9.35. The van der Waals surface area contributed by atoms with E-state index in [4.69, 9.17) is 26.0 Å². The average Bonchev–Trinajstić information content (AvgIpc) is 3.09. The number of anilines is 2. The Hall–Kier alpha value is -3.37. The molecule has 0 spiro atoms. The van der Waals surface area contributed by atoms with Crippen LogP contribution in [0.3, 0.4) is 0 Å². The van der Waals surface area contributed by atoms with E-state index < -0.39 is 0 Å². The van der Waals surface area contributed by atoms with E-state index in [1.807, 2.05) is 66.7 Å². The third-order valence-electron chi connectivity index (χ3n) is 4.72. The molecule has 2 aromatic heterocycles. The zero-order valence-electron chi connectivity index (χ0n) is 15.1. The van der Waals surface area contributed by atoms with Crippen molar-refractivity contribution >= 4 is 45.2 Å². The van der Waals surface area contributed by atoms with Crippen molar-refractivity contribution in [2.45, 2.75) is 6.92 Å². The van der Waals surface area contributed by atoms with Crippen molar-refractivity contribution in [3.8, 4) is 11.4 Å². The van der Waals surface area contributed by atoms with Crippen molar-refractivity contribution in [3.05, 3.63) is 83.4 Å². The first kappa shape index (κ1) is 16.8. The number of aryl methyl sites for hydroxylation is 1. The van der Waals surface area contributed by atoms with E-state index in [2.05, 4.69) is 18.3 Å². The lowest BCUT2D eigenvalue weighted by Gasteiger charge is -2.10. The number of para-hydroxylation sites is 2. The van der Waals surface area contributed by atoms with E-state index in [9.17, 15) is 0 Å². The molecular formula is C23H16ClN3O. The first-order valence-electron chi connectivity index (χ1n) is 8.97. The zero-order valence-corrected chi connectivity index (χ0v) is 15.9. The minimum Gasteiger partial charge on any atom is -0.450 e. The van der Waals surface area contributed by atoms with Crippen LogP contribution in [0.15, 0.2) is 77.2 Å². The molecule has 0 saturated carbocycles. The highest BCUT2D eigenvalue weighted by Crippen LogP contribution is 2.35. The average molecular weight is 386 g/mol. The fourth-order valence-electron chi connectivity index (χ4n) is 3.24. The predicted molar refractivity (Wildman–Crippen MR) is 114 cm³/mol. The van der Waals surface area contributed by atoms with E-state index in [0.29, 0.717) is 22.2 Å². The quantitative estimate of drug-likeness (QED) is 0.373. The molecule has 1 N–H and O–H groups in total. The van der Waals surface area contributed by atoms with E-state index >= 15 is 0 Å². The van der Waals surface area contributed by atoms with Gasteiger partial charge in [0.05, 0.1) is 0 Å². The molecule has 0 fully saturated rings. The Kier molecular flexibility index (Phi) is 3.99. The summed E-state index contributed by atoms with van der Waals surface area (Å²) in [5.74, 6) is 1.26. The van der Waals surface area contributed by atoms with Crippen molar-refractivity contribution in [3.63, 3.8) is 0 Å². The molecule has 0 aliphatic heterocycles. The molecular weight excluding hydrogens is 370 g/mol. The highest BCUT2D eigenvalue weighted by Gasteiger charge is 2.17. The number of hydrogen-bond acceptors (Lipinski definition) is 4. The van der Waals surface area contributed by atoms with Crippen molar-refractivity contribution in [1.29, 1.82) is 0 Å². The summed E-state index contributed by atoms with van der Waals surface area (Å²) in [5, 5.41) is 5.07. The van der Waals surface area contributed by atoms with Gasteiger partial charge >= 0.3 is 0 Å². The molecule has 0 saturated heterocycles. The second-order valence-electron chi connectivity index (χ2n) is 6.62. The van der Waals surface area contributed by atoms with Gasteiger partial charge in [-0.15, -0.1) is 0 Å². The Morgan fingerprint density at radius 1 is 0.857 bits per heavy atom. The molecule has 0 amide bonds. The molecule has 0 atom stereocenters. The summed E-state index contributed by atoms with van der Waals surface area (Å²) < 4.78 is 6.10. The zero-order chi connectivity index (χ0) is 19.1. The molecule has 0 bridgehead atoms. The van der Waals surface area contributed by atoms with Crippen LogP contribution in [0.5, 0.6) is 0 Å². The van der Waals surface area contributed by atoms with Crippen molar-refractivity contribution in [1.82, 2.24) is 9.97 Å². The summed E-state index contributed by atoms with van der Waals surface area (Å²) in [6.07, 6.45) is 0. The first-order chi connectivity index (χ1) is 13.7. The maximum Gasteiger partial charge on any atom is 0.196 e. The molecule has 136 valence electrons. The summed E-state index contributed by atoms with van der Waals surface area (Å²) in [6, 6.07) is 23.5. The number of fused-ring (bicyclic) bond motifs is 3. The van der Waals surface area contributed by atoms with Gasteiger partial charge in [0.1, 0.15) is 11.1 Å². The largest absolute Gasteiger partial charge is 0.450 e. The van der Waals surface area contributed by atoms with Crippen LogP contribution in [0.1, 0.15) is 5.56 Å². The molecule has 3 aromatic carbocycles. The van der Waals surface area contributed by atoms with E-state index in [1.165, 1.54) is 0 Å². The van der Waals surface area contributed by atoms with Gasteiger partial charge in [-0.2, -0.15) is 0 Å². The van der Waals surface area contributed by atoms with Crippen LogP contribution in [0.4, 0.5) is 11.5 Å². The van der Waals surface area contributed by atoms with E-state index in [0.717, 1.165) is 33.3 Å². The van der Waals surface area contributed by atoms with E-state index in [-0.39, 0.29) is 0 Å². The lowest BCUT2D eigenvalue weighted by atomic mass is 10.2. The van der Waals surface area contributed by atoms with Gasteiger partial charge in [0.2, 0.25) is 0 Å². The predicted octanol–water partition coefficient (Wildman–Crippen LogP) is 6.75. The maximum atomic E-state index is 6.10. The summed E-state index contributed by atoms with van der Waals surface area (Å²) in [5.41, 5.74) is 5.20. The molecule has 0 radical (unpaired) electrons. The molecule has 0 aliphatic rings. The summed E-state index contributed by atoms with van der Waals surface area (Å²) in [6.45, 7) is 2.06. The smallest absolute Gasteiger partial charge is 0.196 e. The fraction of sp³-hybridized carbons (Fsp3) is 0.0435. The number of benzene rings is 3. The lowest BCUT2D eigenvalue weighted by Crippen LogP contribution is -1.99. The molecule has 0 unspecified atom stereocenters. The highest BCUT2D eigenvalue weighted by molar-refractivity contribution is 6.30. The Labute approximate surface area is 166 Å². The summed E-state index contributed by atoms with van der Waals surface area (Å²) >= 11 is 6.04. The molecule has 5 rings (SSSR count). The second-order valence-corrected chi connectivity index (χ2v) is 7.06. The molecule has 5 aromatic rings. The van der Waals surface area contributed by atoms with Gasteiger partial charge in [0, 0.05) is 21.7 Å². The van der Waals surface area contributed by atoms with Crippen LogP contribution in [-0.2, 0) is 0 Å². The number of furan rings is 1. The van der Waals surface area contributed by atoms with Crippen LogP contribution in [-0.4, -0.2) is 9.97 Å². The van der Waals surface area contributed by atoms with Crippen molar-refractivity contribution < 1.29 is 4.42 Å². The number of halogens is 1. The van der Waals surface area contributed by atoms with Gasteiger partial charge in [0.15, 0.2) is 17.2 Å². The van der Waals surface area contributed by atoms with Crippen molar-refractivity contribution in [2.75, 3.05) is 5.32 Å². The van der Waals surface area contributed by atoms with Gasteiger partial charge in [-0.3, -0.25) is 0 Å². The van der Waals surface area contributed by atoms with Crippen LogP contribution in [0, 0.1) is 6.92 Å². The Morgan fingerprint density at radius 2 is 1.61 bits per heavy atom. The van der Waals surface area contributed by atoms with Crippen LogP contribution in [0.2, 0.25) is 5.02 Å². The van der Waals surface area contributed by atoms with Gasteiger partial charge in [0.25, 0.3) is 0 Å². The number of nitrogens with zero attached hydrogens (tertiary/aromatic N) is 2. The Morgan fingerprint density at radius 3 is 2.43 bits per heavy atom. The lowest BCUT2D eigenvalue weighted by molar-refractivity contribution is 0.667.